The van der Waals surface area contributed by atoms with Gasteiger partial charge in [0.15, 0.2) is 5.58 Å². The summed E-state index contributed by atoms with van der Waals surface area (Å²) in [6.07, 6.45) is 4.19. The van der Waals surface area contributed by atoms with E-state index in [-0.39, 0.29) is 11.9 Å². The van der Waals surface area contributed by atoms with Crippen LogP contribution >= 0.6 is 0 Å². The van der Waals surface area contributed by atoms with Crippen molar-refractivity contribution >= 4 is 17.1 Å². The second-order valence-corrected chi connectivity index (χ2v) is 5.32. The number of anilines is 1. The number of nitriles is 1. The van der Waals surface area contributed by atoms with Crippen molar-refractivity contribution < 1.29 is 8.81 Å². The molecule has 0 radical (unpaired) electrons. The minimum atomic E-state index is -0.338. The van der Waals surface area contributed by atoms with Gasteiger partial charge in [-0.3, -0.25) is 4.68 Å². The molecule has 0 aliphatic carbocycles. The Hall–Kier alpha value is -2.88. The predicted molar refractivity (Wildman–Crippen MR) is 76.8 cm³/mol. The van der Waals surface area contributed by atoms with Crippen LogP contribution in [0.3, 0.4) is 0 Å². The van der Waals surface area contributed by atoms with E-state index >= 15 is 0 Å². The molecule has 7 heteroatoms. The fraction of sp³-hybridized carbons (Fsp3) is 0.267. The van der Waals surface area contributed by atoms with E-state index in [1.54, 1.807) is 23.1 Å². The second-order valence-electron chi connectivity index (χ2n) is 5.32. The SMILES string of the molecule is N#Cc1cnn(C2CCN(c3nc4ccc(F)cc4o3)C2)c1. The third kappa shape index (κ3) is 2.09. The van der Waals surface area contributed by atoms with E-state index in [1.165, 1.54) is 12.1 Å². The summed E-state index contributed by atoms with van der Waals surface area (Å²) in [6.45, 7) is 1.48. The van der Waals surface area contributed by atoms with Crippen LogP contribution in [0.1, 0.15) is 18.0 Å². The Labute approximate surface area is 125 Å². The Morgan fingerprint density at radius 3 is 3.14 bits per heavy atom. The number of halogens is 1. The van der Waals surface area contributed by atoms with Gasteiger partial charge in [-0.1, -0.05) is 0 Å². The molecule has 0 N–H and O–H groups in total. The lowest BCUT2D eigenvalue weighted by Gasteiger charge is -2.13. The van der Waals surface area contributed by atoms with Crippen LogP contribution in [0, 0.1) is 17.1 Å². The number of benzene rings is 1. The van der Waals surface area contributed by atoms with Crippen LogP contribution in [0.2, 0.25) is 0 Å². The Bertz CT molecular complexity index is 878. The van der Waals surface area contributed by atoms with Crippen molar-refractivity contribution in [1.82, 2.24) is 14.8 Å². The van der Waals surface area contributed by atoms with Crippen molar-refractivity contribution in [2.45, 2.75) is 12.5 Å². The molecule has 1 unspecified atom stereocenters. The first-order valence-corrected chi connectivity index (χ1v) is 6.98. The highest BCUT2D eigenvalue weighted by atomic mass is 19.1. The lowest BCUT2D eigenvalue weighted by Crippen LogP contribution is -2.21. The average Bonchev–Trinajstić information content (AvgIpc) is 3.24. The number of hydrogen-bond acceptors (Lipinski definition) is 5. The van der Waals surface area contributed by atoms with Gasteiger partial charge in [0.25, 0.3) is 6.01 Å². The topological polar surface area (TPSA) is 70.9 Å². The number of aromatic nitrogens is 3. The van der Waals surface area contributed by atoms with Crippen LogP contribution in [0.25, 0.3) is 11.1 Å². The summed E-state index contributed by atoms with van der Waals surface area (Å²) in [5.41, 5.74) is 1.64. The van der Waals surface area contributed by atoms with Gasteiger partial charge in [-0.25, -0.2) is 4.39 Å². The smallest absolute Gasteiger partial charge is 0.298 e. The number of hydrogen-bond donors (Lipinski definition) is 0. The molecule has 1 saturated heterocycles. The number of rotatable bonds is 2. The van der Waals surface area contributed by atoms with Gasteiger partial charge >= 0.3 is 0 Å². The van der Waals surface area contributed by atoms with Gasteiger partial charge in [0.1, 0.15) is 17.4 Å². The molecule has 0 amide bonds. The molecule has 1 aromatic carbocycles. The van der Waals surface area contributed by atoms with Gasteiger partial charge < -0.3 is 9.32 Å². The van der Waals surface area contributed by atoms with E-state index in [4.69, 9.17) is 9.68 Å². The van der Waals surface area contributed by atoms with Crippen LogP contribution < -0.4 is 4.90 Å². The van der Waals surface area contributed by atoms with Gasteiger partial charge in [-0.05, 0) is 18.6 Å². The quantitative estimate of drug-likeness (QED) is 0.726. The lowest BCUT2D eigenvalue weighted by atomic mass is 10.3. The second kappa shape index (κ2) is 4.84. The van der Waals surface area contributed by atoms with Crippen molar-refractivity contribution in [3.05, 3.63) is 42.0 Å². The van der Waals surface area contributed by atoms with Gasteiger partial charge in [-0.15, -0.1) is 0 Å². The summed E-state index contributed by atoms with van der Waals surface area (Å²) >= 11 is 0. The molecular weight excluding hydrogens is 285 g/mol. The molecule has 3 aromatic rings. The Morgan fingerprint density at radius 2 is 2.32 bits per heavy atom. The maximum absolute atomic E-state index is 13.2. The molecule has 1 aliphatic heterocycles. The van der Waals surface area contributed by atoms with E-state index in [0.717, 1.165) is 13.0 Å². The summed E-state index contributed by atoms with van der Waals surface area (Å²) in [7, 11) is 0. The monoisotopic (exact) mass is 297 g/mol. The summed E-state index contributed by atoms with van der Waals surface area (Å²) < 4.78 is 20.6. The molecule has 110 valence electrons. The maximum Gasteiger partial charge on any atom is 0.298 e. The number of oxazole rings is 1. The molecule has 1 atom stereocenters. The zero-order chi connectivity index (χ0) is 15.1. The lowest BCUT2D eigenvalue weighted by molar-refractivity contribution is 0.490. The van der Waals surface area contributed by atoms with E-state index in [1.807, 2.05) is 4.90 Å². The molecule has 4 rings (SSSR count). The highest BCUT2D eigenvalue weighted by Crippen LogP contribution is 2.29. The average molecular weight is 297 g/mol. The van der Waals surface area contributed by atoms with Crippen molar-refractivity contribution in [2.75, 3.05) is 18.0 Å². The molecule has 1 aliphatic rings. The third-order valence-corrected chi connectivity index (χ3v) is 3.88. The molecule has 0 bridgehead atoms. The van der Waals surface area contributed by atoms with Crippen LogP contribution in [0.5, 0.6) is 0 Å². The molecule has 22 heavy (non-hydrogen) atoms. The molecular formula is C15H12FN5O. The Morgan fingerprint density at radius 1 is 1.41 bits per heavy atom. The van der Waals surface area contributed by atoms with E-state index in [0.29, 0.717) is 29.2 Å². The summed E-state index contributed by atoms with van der Waals surface area (Å²) in [5, 5.41) is 13.1. The first-order valence-electron chi connectivity index (χ1n) is 6.98. The van der Waals surface area contributed by atoms with Gasteiger partial charge in [-0.2, -0.15) is 15.3 Å². The van der Waals surface area contributed by atoms with Crippen LogP contribution in [-0.4, -0.2) is 27.9 Å². The van der Waals surface area contributed by atoms with E-state index < -0.39 is 0 Å². The largest absolute Gasteiger partial charge is 0.423 e. The zero-order valence-corrected chi connectivity index (χ0v) is 11.6. The first kappa shape index (κ1) is 12.8. The predicted octanol–water partition coefficient (Wildman–Crippen LogP) is 2.49. The highest BCUT2D eigenvalue weighted by molar-refractivity contribution is 5.74. The van der Waals surface area contributed by atoms with Crippen molar-refractivity contribution in [3.8, 4) is 6.07 Å². The highest BCUT2D eigenvalue weighted by Gasteiger charge is 2.27. The summed E-state index contributed by atoms with van der Waals surface area (Å²) in [5.74, 6) is -0.338. The van der Waals surface area contributed by atoms with Gasteiger partial charge in [0.05, 0.1) is 17.8 Å². The Kier molecular flexibility index (Phi) is 2.82. The normalized spacial score (nSPS) is 18.0. The van der Waals surface area contributed by atoms with Crippen LogP contribution in [-0.2, 0) is 0 Å². The summed E-state index contributed by atoms with van der Waals surface area (Å²) in [4.78, 5) is 6.41. The van der Waals surface area contributed by atoms with Crippen molar-refractivity contribution in [3.63, 3.8) is 0 Å². The standard InChI is InChI=1S/C15H12FN5O/c16-11-1-2-13-14(5-11)22-15(19-13)20-4-3-12(9-20)21-8-10(6-17)7-18-21/h1-2,5,7-8,12H,3-4,9H2. The summed E-state index contributed by atoms with van der Waals surface area (Å²) in [6, 6.07) is 7.06. The van der Waals surface area contributed by atoms with Gasteiger partial charge in [0, 0.05) is 25.4 Å². The van der Waals surface area contributed by atoms with E-state index in [9.17, 15) is 4.39 Å². The van der Waals surface area contributed by atoms with E-state index in [2.05, 4.69) is 16.2 Å². The molecule has 6 nitrogen and oxygen atoms in total. The van der Waals surface area contributed by atoms with Crippen LogP contribution in [0.4, 0.5) is 10.4 Å². The Balaban J connectivity index is 1.57. The maximum atomic E-state index is 13.2. The molecule has 3 heterocycles. The molecule has 2 aromatic heterocycles. The van der Waals surface area contributed by atoms with Crippen molar-refractivity contribution in [1.29, 1.82) is 5.26 Å². The third-order valence-electron chi connectivity index (χ3n) is 3.88. The van der Waals surface area contributed by atoms with Crippen LogP contribution in [0.15, 0.2) is 35.0 Å². The first-order chi connectivity index (χ1) is 10.7. The minimum Gasteiger partial charge on any atom is -0.423 e. The molecule has 0 spiro atoms. The molecule has 0 saturated carbocycles. The van der Waals surface area contributed by atoms with Crippen molar-refractivity contribution in [2.24, 2.45) is 0 Å². The zero-order valence-electron chi connectivity index (χ0n) is 11.6. The minimum absolute atomic E-state index is 0.175. The number of nitrogens with zero attached hydrogens (tertiary/aromatic N) is 5. The molecule has 1 fully saturated rings. The van der Waals surface area contributed by atoms with Gasteiger partial charge in [0.2, 0.25) is 0 Å². The fourth-order valence-electron chi connectivity index (χ4n) is 2.75. The fourth-order valence-corrected chi connectivity index (χ4v) is 2.75. The number of fused-ring (bicyclic) bond motifs is 1.